The van der Waals surface area contributed by atoms with E-state index < -0.39 is 0 Å². The van der Waals surface area contributed by atoms with E-state index in [1.54, 1.807) is 0 Å². The number of unbranched alkanes of at least 4 members (excludes halogenated alkanes) is 10. The molecule has 0 fully saturated rings. The third kappa shape index (κ3) is 19.8. The van der Waals surface area contributed by atoms with Gasteiger partial charge in [0.1, 0.15) is 0 Å². The molecule has 0 spiro atoms. The van der Waals surface area contributed by atoms with E-state index in [1.165, 1.54) is 25.7 Å². The maximum Gasteiger partial charge on any atom is 0.0853 e. The molecule has 0 bridgehead atoms. The summed E-state index contributed by atoms with van der Waals surface area (Å²) in [7, 11) is 0. The van der Waals surface area contributed by atoms with Crippen molar-refractivity contribution in [1.82, 2.24) is 0 Å². The van der Waals surface area contributed by atoms with Gasteiger partial charge in [-0.1, -0.05) is 56.4 Å². The molecule has 2 N–H and O–H groups in total. The summed E-state index contributed by atoms with van der Waals surface area (Å²) in [5.74, 6) is 0. The van der Waals surface area contributed by atoms with Crippen LogP contribution in [-0.2, 0) is 14.8 Å². The second kappa shape index (κ2) is 19.8. The Labute approximate surface area is 129 Å². The summed E-state index contributed by atoms with van der Waals surface area (Å²) in [5.41, 5.74) is 0. The summed E-state index contributed by atoms with van der Waals surface area (Å²) in [6.45, 7) is 1.75. The predicted octanol–water partition coefficient (Wildman–Crippen LogP) is 3.53. The minimum absolute atomic E-state index is 0.303. The van der Waals surface area contributed by atoms with Gasteiger partial charge in [0.2, 0.25) is 0 Å². The molecule has 21 heavy (non-hydrogen) atoms. The normalized spacial score (nSPS) is 11.1. The predicted molar refractivity (Wildman–Crippen MR) is 82.6 cm³/mol. The summed E-state index contributed by atoms with van der Waals surface area (Å²) in [6.07, 6.45) is 13.0. The average molecular weight is 306 g/mol. The first-order valence-corrected chi connectivity index (χ1v) is 8.54. The van der Waals surface area contributed by atoms with Crippen molar-refractivity contribution >= 4 is 0 Å². The average Bonchev–Trinajstić information content (AvgIpc) is 2.50. The number of aliphatic hydroxyl groups excluding tert-OH is 2. The summed E-state index contributed by atoms with van der Waals surface area (Å²) in [6, 6.07) is 0. The Balaban J connectivity index is 2.90. The standard InChI is InChI=1S/C16H34O5/c17-13-9-5-1-3-7-11-15-19-21-20-16-12-8-4-2-6-10-14-18/h17-18H,1-16H2. The fourth-order valence-corrected chi connectivity index (χ4v) is 2.06. The van der Waals surface area contributed by atoms with Crippen molar-refractivity contribution in [3.8, 4) is 0 Å². The summed E-state index contributed by atoms with van der Waals surface area (Å²) in [4.78, 5) is 9.86. The number of hydrogen-bond donors (Lipinski definition) is 2. The Bertz CT molecular complexity index is 160. The van der Waals surface area contributed by atoms with Gasteiger partial charge in [-0.15, -0.1) is 0 Å². The number of hydrogen-bond acceptors (Lipinski definition) is 5. The van der Waals surface area contributed by atoms with Crippen LogP contribution in [0.1, 0.15) is 77.0 Å². The third-order valence-electron chi connectivity index (χ3n) is 3.37. The second-order valence-electron chi connectivity index (χ2n) is 5.40. The van der Waals surface area contributed by atoms with Crippen LogP contribution in [0.3, 0.4) is 0 Å². The van der Waals surface area contributed by atoms with Gasteiger partial charge in [-0.2, -0.15) is 0 Å². The Morgan fingerprint density at radius 1 is 0.429 bits per heavy atom. The zero-order valence-corrected chi connectivity index (χ0v) is 13.4. The summed E-state index contributed by atoms with van der Waals surface area (Å²) >= 11 is 0. The second-order valence-corrected chi connectivity index (χ2v) is 5.40. The van der Waals surface area contributed by atoms with Crippen molar-refractivity contribution < 1.29 is 25.0 Å². The Morgan fingerprint density at radius 2 is 0.762 bits per heavy atom. The lowest BCUT2D eigenvalue weighted by molar-refractivity contribution is -0.512. The molecule has 0 aliphatic heterocycles. The van der Waals surface area contributed by atoms with Crippen LogP contribution < -0.4 is 0 Å². The van der Waals surface area contributed by atoms with Crippen molar-refractivity contribution in [3.05, 3.63) is 0 Å². The molecule has 0 aromatic heterocycles. The first-order chi connectivity index (χ1) is 10.4. The molecule has 0 aromatic carbocycles. The maximum atomic E-state index is 8.63. The minimum atomic E-state index is 0.303. The summed E-state index contributed by atoms with van der Waals surface area (Å²) in [5, 5.41) is 21.9. The Hall–Kier alpha value is -0.200. The molecular weight excluding hydrogens is 272 g/mol. The van der Waals surface area contributed by atoms with Crippen LogP contribution in [0.15, 0.2) is 0 Å². The maximum absolute atomic E-state index is 8.63. The number of rotatable bonds is 18. The lowest BCUT2D eigenvalue weighted by Gasteiger charge is -2.04. The topological polar surface area (TPSA) is 68.2 Å². The van der Waals surface area contributed by atoms with Crippen LogP contribution in [0.25, 0.3) is 0 Å². The monoisotopic (exact) mass is 306 g/mol. The van der Waals surface area contributed by atoms with E-state index in [0.29, 0.717) is 26.4 Å². The molecule has 0 unspecified atom stereocenters. The van der Waals surface area contributed by atoms with Gasteiger partial charge < -0.3 is 10.2 Å². The molecule has 0 aromatic rings. The highest BCUT2D eigenvalue weighted by molar-refractivity contribution is 4.44. The van der Waals surface area contributed by atoms with Gasteiger partial charge in [-0.3, -0.25) is 0 Å². The highest BCUT2D eigenvalue weighted by Gasteiger charge is 1.95. The van der Waals surface area contributed by atoms with Gasteiger partial charge in [-0.05, 0) is 25.7 Å². The molecule has 5 heteroatoms. The van der Waals surface area contributed by atoms with Crippen LogP contribution >= 0.6 is 0 Å². The fraction of sp³-hybridized carbons (Fsp3) is 1.00. The third-order valence-corrected chi connectivity index (χ3v) is 3.37. The summed E-state index contributed by atoms with van der Waals surface area (Å²) < 4.78 is 0. The number of aliphatic hydroxyl groups is 2. The van der Waals surface area contributed by atoms with Crippen molar-refractivity contribution in [1.29, 1.82) is 0 Å². The van der Waals surface area contributed by atoms with E-state index in [0.717, 1.165) is 51.4 Å². The highest BCUT2D eigenvalue weighted by atomic mass is 17.5. The van der Waals surface area contributed by atoms with Crippen molar-refractivity contribution in [2.45, 2.75) is 77.0 Å². The molecule has 128 valence electrons. The van der Waals surface area contributed by atoms with Crippen LogP contribution in [0.5, 0.6) is 0 Å². The van der Waals surface area contributed by atoms with E-state index in [9.17, 15) is 0 Å². The molecule has 0 aliphatic rings. The minimum Gasteiger partial charge on any atom is -0.396 e. The van der Waals surface area contributed by atoms with Crippen LogP contribution in [-0.4, -0.2) is 36.6 Å². The van der Waals surface area contributed by atoms with Gasteiger partial charge in [0, 0.05) is 13.2 Å². The van der Waals surface area contributed by atoms with E-state index in [2.05, 4.69) is 5.04 Å². The highest BCUT2D eigenvalue weighted by Crippen LogP contribution is 2.06. The molecule has 0 saturated heterocycles. The van der Waals surface area contributed by atoms with Crippen molar-refractivity contribution in [3.63, 3.8) is 0 Å². The zero-order valence-electron chi connectivity index (χ0n) is 13.4. The van der Waals surface area contributed by atoms with E-state index >= 15 is 0 Å². The molecule has 0 saturated carbocycles. The first kappa shape index (κ1) is 20.8. The lowest BCUT2D eigenvalue weighted by Crippen LogP contribution is -2.00. The first-order valence-electron chi connectivity index (χ1n) is 8.54. The van der Waals surface area contributed by atoms with Crippen LogP contribution in [0.4, 0.5) is 0 Å². The van der Waals surface area contributed by atoms with Crippen molar-refractivity contribution in [2.24, 2.45) is 0 Å². The van der Waals surface area contributed by atoms with Crippen LogP contribution in [0, 0.1) is 0 Å². The largest absolute Gasteiger partial charge is 0.396 e. The molecule has 0 amide bonds. The molecule has 0 atom stereocenters. The molecule has 5 nitrogen and oxygen atoms in total. The Kier molecular flexibility index (Phi) is 19.6. The molecular formula is C16H34O5. The molecule has 0 radical (unpaired) electrons. The van der Waals surface area contributed by atoms with Gasteiger partial charge in [0.15, 0.2) is 0 Å². The fourth-order valence-electron chi connectivity index (χ4n) is 2.06. The van der Waals surface area contributed by atoms with Crippen LogP contribution in [0.2, 0.25) is 0 Å². The van der Waals surface area contributed by atoms with E-state index in [-0.39, 0.29) is 0 Å². The van der Waals surface area contributed by atoms with Gasteiger partial charge in [-0.25, -0.2) is 9.78 Å². The quantitative estimate of drug-likeness (QED) is 0.230. The van der Waals surface area contributed by atoms with Gasteiger partial charge >= 0.3 is 0 Å². The molecule has 0 aliphatic carbocycles. The van der Waals surface area contributed by atoms with Crippen molar-refractivity contribution in [2.75, 3.05) is 26.4 Å². The Morgan fingerprint density at radius 3 is 1.14 bits per heavy atom. The molecule has 0 heterocycles. The SMILES string of the molecule is OCCCCCCCCOOOCCCCCCCCO. The van der Waals surface area contributed by atoms with E-state index in [1.807, 2.05) is 0 Å². The smallest absolute Gasteiger partial charge is 0.0853 e. The van der Waals surface area contributed by atoms with Gasteiger partial charge in [0.05, 0.1) is 13.2 Å². The van der Waals surface area contributed by atoms with E-state index in [4.69, 9.17) is 20.0 Å². The zero-order chi connectivity index (χ0) is 15.4. The molecule has 0 rings (SSSR count). The lowest BCUT2D eigenvalue weighted by atomic mass is 10.1. The van der Waals surface area contributed by atoms with Gasteiger partial charge in [0.25, 0.3) is 0 Å².